The van der Waals surface area contributed by atoms with Crippen LogP contribution in [0.1, 0.15) is 52.4 Å². The van der Waals surface area contributed by atoms with Crippen molar-refractivity contribution in [1.29, 1.82) is 0 Å². The van der Waals surface area contributed by atoms with Gasteiger partial charge in [0.15, 0.2) is 0 Å². The molecule has 4 fully saturated rings. The Bertz CT molecular complexity index is 713. The van der Waals surface area contributed by atoms with Crippen LogP contribution in [0.4, 0.5) is 0 Å². The van der Waals surface area contributed by atoms with Gasteiger partial charge in [-0.25, -0.2) is 0 Å². The molecule has 26 heavy (non-hydrogen) atoms. The van der Waals surface area contributed by atoms with Gasteiger partial charge >= 0.3 is 5.97 Å². The molecule has 5 rings (SSSR count). The Balaban J connectivity index is 1.57. The Morgan fingerprint density at radius 1 is 1.23 bits per heavy atom. The molecule has 1 saturated heterocycles. The molecule has 3 saturated carbocycles. The van der Waals surface area contributed by atoms with Gasteiger partial charge in [-0.1, -0.05) is 13.0 Å². The van der Waals surface area contributed by atoms with Crippen LogP contribution in [0.5, 0.6) is 0 Å². The lowest BCUT2D eigenvalue weighted by atomic mass is 9.46. The zero-order valence-corrected chi connectivity index (χ0v) is 15.5. The van der Waals surface area contributed by atoms with Gasteiger partial charge in [0.25, 0.3) is 0 Å². The van der Waals surface area contributed by atoms with Gasteiger partial charge in [0.2, 0.25) is 0 Å². The van der Waals surface area contributed by atoms with E-state index in [9.17, 15) is 19.8 Å². The summed E-state index contributed by atoms with van der Waals surface area (Å²) in [6, 6.07) is 0. The van der Waals surface area contributed by atoms with Crippen molar-refractivity contribution in [2.45, 2.75) is 70.7 Å². The van der Waals surface area contributed by atoms with E-state index >= 15 is 0 Å². The number of hydrogen-bond donors (Lipinski definition) is 2. The molecule has 0 aromatic carbocycles. The highest BCUT2D eigenvalue weighted by Gasteiger charge is 2.69. The van der Waals surface area contributed by atoms with E-state index in [1.807, 2.05) is 6.08 Å². The number of hydrogen-bond acceptors (Lipinski definition) is 5. The molecule has 2 N–H and O–H groups in total. The van der Waals surface area contributed by atoms with E-state index in [4.69, 9.17) is 4.74 Å². The first-order valence-corrected chi connectivity index (χ1v) is 10.1. The summed E-state index contributed by atoms with van der Waals surface area (Å²) in [7, 11) is 0. The number of Topliss-reactive ketones (excluding diaryl/α,β-unsaturated/α-hetero) is 1. The van der Waals surface area contributed by atoms with Crippen LogP contribution < -0.4 is 0 Å². The van der Waals surface area contributed by atoms with Gasteiger partial charge in [-0.2, -0.15) is 0 Å². The van der Waals surface area contributed by atoms with Gasteiger partial charge in [-0.15, -0.1) is 0 Å². The van der Waals surface area contributed by atoms with Crippen molar-refractivity contribution >= 4 is 11.8 Å². The number of aliphatic hydroxyl groups excluding tert-OH is 2. The smallest absolute Gasteiger partial charge is 0.317 e. The van der Waals surface area contributed by atoms with E-state index < -0.39 is 23.7 Å². The Hall–Kier alpha value is -1.20. The van der Waals surface area contributed by atoms with Crippen LogP contribution in [-0.4, -0.2) is 40.3 Å². The molecule has 9 atom stereocenters. The molecule has 9 unspecified atom stereocenters. The van der Waals surface area contributed by atoms with Gasteiger partial charge in [0.1, 0.15) is 24.1 Å². The van der Waals surface area contributed by atoms with Gasteiger partial charge in [-0.3, -0.25) is 9.59 Å². The van der Waals surface area contributed by atoms with E-state index in [2.05, 4.69) is 6.92 Å². The molecule has 1 aliphatic heterocycles. The predicted molar refractivity (Wildman–Crippen MR) is 92.9 cm³/mol. The van der Waals surface area contributed by atoms with Crippen molar-refractivity contribution < 1.29 is 24.5 Å². The summed E-state index contributed by atoms with van der Waals surface area (Å²) in [4.78, 5) is 25.2. The third-order valence-electron chi connectivity index (χ3n) is 8.85. The van der Waals surface area contributed by atoms with Crippen LogP contribution in [-0.2, 0) is 14.3 Å². The minimum atomic E-state index is -1.01. The second kappa shape index (κ2) is 5.20. The third-order valence-corrected chi connectivity index (χ3v) is 8.85. The van der Waals surface area contributed by atoms with E-state index in [0.717, 1.165) is 32.1 Å². The molecular weight excluding hydrogens is 332 g/mol. The quantitative estimate of drug-likeness (QED) is 0.552. The Morgan fingerprint density at radius 3 is 2.73 bits per heavy atom. The molecule has 5 aliphatic rings. The van der Waals surface area contributed by atoms with E-state index in [1.165, 1.54) is 0 Å². The third kappa shape index (κ3) is 1.79. The molecule has 2 bridgehead atoms. The fourth-order valence-electron chi connectivity index (χ4n) is 7.74. The highest BCUT2D eigenvalue weighted by atomic mass is 16.6. The molecule has 1 spiro atoms. The molecule has 4 aliphatic carbocycles. The lowest BCUT2D eigenvalue weighted by molar-refractivity contribution is -0.154. The molecule has 142 valence electrons. The fraction of sp³-hybridized carbons (Fsp3) is 0.810. The van der Waals surface area contributed by atoms with Crippen molar-refractivity contribution in [2.24, 2.45) is 34.5 Å². The lowest BCUT2D eigenvalue weighted by Gasteiger charge is -2.56. The van der Waals surface area contributed by atoms with Gasteiger partial charge in [0.05, 0.1) is 5.41 Å². The maximum Gasteiger partial charge on any atom is 0.317 e. The highest BCUT2D eigenvalue weighted by molar-refractivity contribution is 5.85. The number of fused-ring (bicyclic) bond motifs is 4. The standard InChI is InChI=1S/C21H28O5/c1-10(22)12-5-6-13-11-3-4-15-17(23)18(24)16-9-21(15,19(25)26-16)14(11)7-8-20(12,13)2/h4,11-14,16-18,23-24H,3,5-9H2,1-2H3. The van der Waals surface area contributed by atoms with Crippen molar-refractivity contribution in [3.63, 3.8) is 0 Å². The molecule has 0 aromatic rings. The Labute approximate surface area is 153 Å². The second-order valence-electron chi connectivity index (χ2n) is 9.61. The summed E-state index contributed by atoms with van der Waals surface area (Å²) < 4.78 is 5.53. The fourth-order valence-corrected chi connectivity index (χ4v) is 7.74. The first kappa shape index (κ1) is 16.9. The molecule has 0 aromatic heterocycles. The van der Waals surface area contributed by atoms with Crippen LogP contribution in [0.25, 0.3) is 0 Å². The van der Waals surface area contributed by atoms with Gasteiger partial charge < -0.3 is 14.9 Å². The summed E-state index contributed by atoms with van der Waals surface area (Å²) >= 11 is 0. The number of ketones is 1. The number of carbonyl (C=O) groups excluding carboxylic acids is 2. The summed E-state index contributed by atoms with van der Waals surface area (Å²) in [5.41, 5.74) is -0.0133. The van der Waals surface area contributed by atoms with Crippen LogP contribution >= 0.6 is 0 Å². The molecule has 0 amide bonds. The summed E-state index contributed by atoms with van der Waals surface area (Å²) in [6.45, 7) is 4.00. The minimum Gasteiger partial charge on any atom is -0.459 e. The number of esters is 1. The van der Waals surface area contributed by atoms with Gasteiger partial charge in [-0.05, 0) is 67.8 Å². The first-order chi connectivity index (χ1) is 12.3. The van der Waals surface area contributed by atoms with Crippen molar-refractivity contribution in [1.82, 2.24) is 0 Å². The van der Waals surface area contributed by atoms with E-state index in [1.54, 1.807) is 6.92 Å². The zero-order chi connectivity index (χ0) is 18.4. The number of rotatable bonds is 1. The monoisotopic (exact) mass is 360 g/mol. The summed E-state index contributed by atoms with van der Waals surface area (Å²) in [5, 5.41) is 20.9. The van der Waals surface area contributed by atoms with Crippen molar-refractivity contribution in [3.05, 3.63) is 11.6 Å². The molecule has 1 heterocycles. The summed E-state index contributed by atoms with van der Waals surface area (Å²) in [6.07, 6.45) is 4.59. The molecule has 5 nitrogen and oxygen atoms in total. The first-order valence-electron chi connectivity index (χ1n) is 10.1. The number of allylic oxidation sites excluding steroid dienone is 1. The maximum atomic E-state index is 13.0. The molecule has 0 radical (unpaired) electrons. The van der Waals surface area contributed by atoms with Crippen molar-refractivity contribution in [3.8, 4) is 0 Å². The number of aliphatic hydroxyl groups is 2. The minimum absolute atomic E-state index is 0.0314. The topological polar surface area (TPSA) is 83.8 Å². The SMILES string of the molecule is CC(=O)C1CCC2C3CC=C4C(O)C(O)C5CC4(C(=O)O5)C3CCC12C. The van der Waals surface area contributed by atoms with Crippen LogP contribution in [0.3, 0.4) is 0 Å². The lowest BCUT2D eigenvalue weighted by Crippen LogP contribution is -2.56. The maximum absolute atomic E-state index is 13.0. The average Bonchev–Trinajstić information content (AvgIpc) is 3.10. The van der Waals surface area contributed by atoms with Gasteiger partial charge in [0, 0.05) is 12.3 Å². The van der Waals surface area contributed by atoms with Crippen LogP contribution in [0.2, 0.25) is 0 Å². The van der Waals surface area contributed by atoms with E-state index in [0.29, 0.717) is 29.6 Å². The van der Waals surface area contributed by atoms with Crippen LogP contribution in [0, 0.1) is 34.5 Å². The number of ether oxygens (including phenoxy) is 1. The molecule has 5 heteroatoms. The molecular formula is C21H28O5. The normalized spacial score (nSPS) is 54.7. The number of carbonyl (C=O) groups is 2. The Kier molecular flexibility index (Phi) is 3.38. The highest BCUT2D eigenvalue weighted by Crippen LogP contribution is 2.68. The van der Waals surface area contributed by atoms with E-state index in [-0.39, 0.29) is 23.2 Å². The second-order valence-corrected chi connectivity index (χ2v) is 9.61. The Morgan fingerprint density at radius 2 is 2.00 bits per heavy atom. The largest absolute Gasteiger partial charge is 0.459 e. The predicted octanol–water partition coefficient (Wildman–Crippen LogP) is 2.00. The zero-order valence-electron chi connectivity index (χ0n) is 15.5. The summed E-state index contributed by atoms with van der Waals surface area (Å²) in [5.74, 6) is 1.15. The average molecular weight is 360 g/mol. The van der Waals surface area contributed by atoms with Crippen molar-refractivity contribution in [2.75, 3.05) is 0 Å². The van der Waals surface area contributed by atoms with Crippen LogP contribution in [0.15, 0.2) is 11.6 Å².